The molecule has 0 saturated heterocycles. The highest BCUT2D eigenvalue weighted by atomic mass is 127. The van der Waals surface area contributed by atoms with E-state index in [0.29, 0.717) is 0 Å². The highest BCUT2D eigenvalue weighted by Gasteiger charge is 1.75. The number of halogens is 2. The Labute approximate surface area is 62.0 Å². The minimum Gasteiger partial charge on any atom is -0.293 e. The molecule has 1 N–H and O–H groups in total. The van der Waals surface area contributed by atoms with Crippen molar-refractivity contribution in [1.29, 1.82) is 0 Å². The molecule has 38 valence electrons. The summed E-state index contributed by atoms with van der Waals surface area (Å²) in [5.74, 6) is -0.0787. The quantitative estimate of drug-likeness (QED) is 0.515. The van der Waals surface area contributed by atoms with Crippen LogP contribution in [0.4, 0.5) is 0 Å². The topological polar surface area (TPSA) is 29.1 Å². The van der Waals surface area contributed by atoms with Gasteiger partial charge in [0.1, 0.15) is 0 Å². The Bertz CT molecular complexity index is 48.8. The predicted molar refractivity (Wildman–Crippen MR) is 38.2 cm³/mol. The molecule has 0 radical (unpaired) electrons. The normalized spacial score (nSPS) is 5.67. The molecule has 1 amide bonds. The molecule has 0 heterocycles. The Morgan fingerprint density at radius 3 is 2.00 bits per heavy atom. The fraction of sp³-hybridized carbons (Fsp3) is 0.500. The summed E-state index contributed by atoms with van der Waals surface area (Å²) in [5.41, 5.74) is 0. The first kappa shape index (κ1) is 9.84. The second-order valence-corrected chi connectivity index (χ2v) is 1.05. The lowest BCUT2D eigenvalue weighted by molar-refractivity contribution is -0.116. The van der Waals surface area contributed by atoms with Gasteiger partial charge in [0.2, 0.25) is 5.91 Å². The molecular weight excluding hydrogens is 261 g/mol. The third-order valence-corrected chi connectivity index (χ3v) is 0.691. The van der Waals surface area contributed by atoms with Crippen LogP contribution in [0.5, 0.6) is 0 Å². The number of carbonyl (C=O) groups excluding carboxylic acids is 1. The molecule has 6 heavy (non-hydrogen) atoms. The second kappa shape index (κ2) is 5.68. The van der Waals surface area contributed by atoms with E-state index < -0.39 is 0 Å². The summed E-state index contributed by atoms with van der Waals surface area (Å²) in [6, 6.07) is 0. The zero-order valence-corrected chi connectivity index (χ0v) is 7.11. The molecule has 0 aliphatic rings. The van der Waals surface area contributed by atoms with Crippen molar-refractivity contribution < 1.29 is 4.79 Å². The van der Waals surface area contributed by atoms with Gasteiger partial charge in [-0.15, -0.1) is 24.0 Å². The van der Waals surface area contributed by atoms with Crippen molar-refractivity contribution in [1.82, 2.24) is 4.34 Å². The van der Waals surface area contributed by atoms with Gasteiger partial charge in [-0.05, 0) is 0 Å². The van der Waals surface area contributed by atoms with E-state index in [1.807, 2.05) is 0 Å². The standard InChI is InChI=1S/C2H4BrNO.HI/c1-2(5)4-3;/h1H3,(H,4,5);1H. The number of carbonyl (C=O) groups is 1. The van der Waals surface area contributed by atoms with Crippen molar-refractivity contribution in [2.75, 3.05) is 0 Å². The molecule has 2 nitrogen and oxygen atoms in total. The Morgan fingerprint density at radius 2 is 2.00 bits per heavy atom. The summed E-state index contributed by atoms with van der Waals surface area (Å²) in [4.78, 5) is 9.65. The first-order valence-corrected chi connectivity index (χ1v) is 1.94. The summed E-state index contributed by atoms with van der Waals surface area (Å²) in [5, 5.41) is 0. The van der Waals surface area contributed by atoms with Crippen LogP contribution in [0.15, 0.2) is 0 Å². The van der Waals surface area contributed by atoms with Gasteiger partial charge in [-0.3, -0.25) is 9.14 Å². The third-order valence-electron chi connectivity index (χ3n) is 0.133. The molecule has 0 rings (SSSR count). The molecule has 0 aliphatic heterocycles. The largest absolute Gasteiger partial charge is 0.293 e. The van der Waals surface area contributed by atoms with Gasteiger partial charge in [0, 0.05) is 23.1 Å². The number of amides is 1. The predicted octanol–water partition coefficient (Wildman–Crippen LogP) is 1.05. The van der Waals surface area contributed by atoms with Crippen molar-refractivity contribution in [3.05, 3.63) is 0 Å². The number of hydrogen-bond acceptors (Lipinski definition) is 1. The van der Waals surface area contributed by atoms with Crippen LogP contribution in [0.3, 0.4) is 0 Å². The van der Waals surface area contributed by atoms with Crippen LogP contribution in [0, 0.1) is 0 Å². The zero-order valence-electron chi connectivity index (χ0n) is 3.19. The van der Waals surface area contributed by atoms with Crippen LogP contribution >= 0.6 is 40.1 Å². The molecule has 0 aromatic heterocycles. The molecule has 0 aromatic rings. The van der Waals surface area contributed by atoms with E-state index in [0.717, 1.165) is 0 Å². The molecule has 0 fully saturated rings. The van der Waals surface area contributed by atoms with Gasteiger partial charge >= 0.3 is 0 Å². The zero-order chi connectivity index (χ0) is 4.28. The fourth-order valence-corrected chi connectivity index (χ4v) is 0. The van der Waals surface area contributed by atoms with E-state index in [2.05, 4.69) is 20.5 Å². The first-order valence-electron chi connectivity index (χ1n) is 1.14. The molecule has 0 spiro atoms. The van der Waals surface area contributed by atoms with Gasteiger partial charge in [0.05, 0.1) is 0 Å². The molecule has 4 heteroatoms. The lowest BCUT2D eigenvalue weighted by atomic mass is 10.8. The van der Waals surface area contributed by atoms with Crippen LogP contribution < -0.4 is 4.34 Å². The van der Waals surface area contributed by atoms with E-state index in [4.69, 9.17) is 0 Å². The van der Waals surface area contributed by atoms with E-state index in [1.165, 1.54) is 6.92 Å². The average Bonchev–Trinajstić information content (AvgIpc) is 1.38. The minimum absolute atomic E-state index is 0. The van der Waals surface area contributed by atoms with Crippen LogP contribution in [0.1, 0.15) is 6.92 Å². The summed E-state index contributed by atoms with van der Waals surface area (Å²) in [6.07, 6.45) is 0. The molecule has 0 aliphatic carbocycles. The molecular formula is C2H5BrINO. The Hall–Kier alpha value is 0.680. The number of rotatable bonds is 0. The van der Waals surface area contributed by atoms with E-state index in [-0.39, 0.29) is 29.9 Å². The van der Waals surface area contributed by atoms with Crippen molar-refractivity contribution in [2.45, 2.75) is 6.92 Å². The molecule has 0 saturated carbocycles. The monoisotopic (exact) mass is 265 g/mol. The molecule has 0 bridgehead atoms. The number of hydrogen-bond donors (Lipinski definition) is 1. The van der Waals surface area contributed by atoms with Crippen molar-refractivity contribution in [3.8, 4) is 0 Å². The Balaban J connectivity index is 0. The van der Waals surface area contributed by atoms with E-state index >= 15 is 0 Å². The minimum atomic E-state index is -0.0787. The van der Waals surface area contributed by atoms with Crippen molar-refractivity contribution >= 4 is 46.0 Å². The first-order chi connectivity index (χ1) is 2.27. The van der Waals surface area contributed by atoms with Gasteiger partial charge in [-0.2, -0.15) is 0 Å². The van der Waals surface area contributed by atoms with Crippen LogP contribution in [0.2, 0.25) is 0 Å². The third kappa shape index (κ3) is 8.82. The summed E-state index contributed by atoms with van der Waals surface area (Å²) >= 11 is 2.71. The average molecular weight is 266 g/mol. The van der Waals surface area contributed by atoms with E-state index in [9.17, 15) is 4.79 Å². The smallest absolute Gasteiger partial charge is 0.226 e. The summed E-state index contributed by atoms with van der Waals surface area (Å²) in [7, 11) is 0. The summed E-state index contributed by atoms with van der Waals surface area (Å²) in [6.45, 7) is 1.43. The highest BCUT2D eigenvalue weighted by Crippen LogP contribution is 1.63. The van der Waals surface area contributed by atoms with Gasteiger partial charge in [-0.1, -0.05) is 0 Å². The lowest BCUT2D eigenvalue weighted by Gasteiger charge is -1.76. The lowest BCUT2D eigenvalue weighted by Crippen LogP contribution is -2.03. The summed E-state index contributed by atoms with van der Waals surface area (Å²) < 4.78 is 2.20. The number of nitrogens with one attached hydrogen (secondary N) is 1. The van der Waals surface area contributed by atoms with Gasteiger partial charge in [-0.25, -0.2) is 0 Å². The fourth-order valence-electron chi connectivity index (χ4n) is 0. The maximum atomic E-state index is 9.65. The van der Waals surface area contributed by atoms with Gasteiger partial charge in [0.25, 0.3) is 0 Å². The molecule has 0 unspecified atom stereocenters. The van der Waals surface area contributed by atoms with E-state index in [1.54, 1.807) is 0 Å². The van der Waals surface area contributed by atoms with Gasteiger partial charge in [0.15, 0.2) is 0 Å². The van der Waals surface area contributed by atoms with Crippen molar-refractivity contribution in [3.63, 3.8) is 0 Å². The van der Waals surface area contributed by atoms with Crippen LogP contribution in [-0.2, 0) is 4.79 Å². The highest BCUT2D eigenvalue weighted by molar-refractivity contribution is 14.0. The Kier molecular flexibility index (Phi) is 9.31. The van der Waals surface area contributed by atoms with Crippen molar-refractivity contribution in [2.24, 2.45) is 0 Å². The van der Waals surface area contributed by atoms with Gasteiger partial charge < -0.3 is 0 Å². The second-order valence-electron chi connectivity index (χ2n) is 0.651. The maximum absolute atomic E-state index is 9.65. The Morgan fingerprint density at radius 1 is 1.83 bits per heavy atom. The van der Waals surface area contributed by atoms with Crippen LogP contribution in [-0.4, -0.2) is 5.91 Å². The SMILES string of the molecule is CC(=O)NBr.I. The maximum Gasteiger partial charge on any atom is 0.226 e. The molecule has 0 aromatic carbocycles. The van der Waals surface area contributed by atoms with Crippen LogP contribution in [0.25, 0.3) is 0 Å². The molecule has 0 atom stereocenters.